The van der Waals surface area contributed by atoms with Gasteiger partial charge in [-0.1, -0.05) is 11.3 Å². The van der Waals surface area contributed by atoms with Crippen LogP contribution >= 0.6 is 11.3 Å². The molecule has 1 unspecified atom stereocenters. The van der Waals surface area contributed by atoms with Gasteiger partial charge in [0.1, 0.15) is 0 Å². The molecular formula is C9H17N3O3S2. The van der Waals surface area contributed by atoms with E-state index in [1.165, 1.54) is 18.5 Å². The summed E-state index contributed by atoms with van der Waals surface area (Å²) in [7, 11) is -0.484. The number of likely N-dealkylation sites (N-methyl/N-ethyl adjacent to an activating group) is 1. The van der Waals surface area contributed by atoms with Crippen molar-refractivity contribution in [2.75, 3.05) is 26.5 Å². The Kier molecular flexibility index (Phi) is 4.48. The third-order valence-corrected chi connectivity index (χ3v) is 5.96. The quantitative estimate of drug-likeness (QED) is 0.857. The molecule has 1 aromatic rings. The first-order valence-electron chi connectivity index (χ1n) is 5.00. The summed E-state index contributed by atoms with van der Waals surface area (Å²) in [5.41, 5.74) is 5.95. The molecule has 0 radical (unpaired) electrons. The number of aryl methyl sites for hydroxylation is 1. The number of thiazole rings is 1. The summed E-state index contributed by atoms with van der Waals surface area (Å²) in [6.07, 6.45) is 0. The highest BCUT2D eigenvalue weighted by Gasteiger charge is 2.29. The van der Waals surface area contributed by atoms with Crippen LogP contribution in [0.25, 0.3) is 0 Å². The first kappa shape index (κ1) is 14.4. The Bertz CT molecular complexity index is 484. The molecule has 0 bridgehead atoms. The number of methoxy groups -OCH3 is 1. The smallest absolute Gasteiger partial charge is 0.254 e. The maximum atomic E-state index is 12.3. The second-order valence-electron chi connectivity index (χ2n) is 3.75. The second-order valence-corrected chi connectivity index (χ2v) is 6.97. The van der Waals surface area contributed by atoms with E-state index in [-0.39, 0.29) is 15.4 Å². The number of ether oxygens (including phenoxy) is 1. The van der Waals surface area contributed by atoms with E-state index < -0.39 is 10.0 Å². The maximum Gasteiger partial charge on any atom is 0.254 e. The number of nitrogen functional groups attached to an aromatic ring is 1. The van der Waals surface area contributed by atoms with E-state index in [2.05, 4.69) is 4.98 Å². The van der Waals surface area contributed by atoms with E-state index in [4.69, 9.17) is 10.5 Å². The van der Waals surface area contributed by atoms with E-state index in [9.17, 15) is 8.42 Å². The first-order valence-corrected chi connectivity index (χ1v) is 7.26. The number of rotatable bonds is 5. The lowest BCUT2D eigenvalue weighted by molar-refractivity contribution is 0.149. The monoisotopic (exact) mass is 279 g/mol. The van der Waals surface area contributed by atoms with Crippen molar-refractivity contribution in [1.29, 1.82) is 0 Å². The Hall–Kier alpha value is -0.700. The summed E-state index contributed by atoms with van der Waals surface area (Å²) in [6.45, 7) is 3.75. The summed E-state index contributed by atoms with van der Waals surface area (Å²) < 4.78 is 31.0. The molecule has 1 atom stereocenters. The zero-order chi connectivity index (χ0) is 13.2. The van der Waals surface area contributed by atoms with Crippen LogP contribution < -0.4 is 5.73 Å². The lowest BCUT2D eigenvalue weighted by Crippen LogP contribution is -2.37. The van der Waals surface area contributed by atoms with E-state index in [1.54, 1.807) is 13.8 Å². The Morgan fingerprint density at radius 2 is 2.18 bits per heavy atom. The minimum absolute atomic E-state index is 0.195. The molecule has 0 saturated heterocycles. The molecule has 8 heteroatoms. The zero-order valence-electron chi connectivity index (χ0n) is 10.3. The molecule has 17 heavy (non-hydrogen) atoms. The maximum absolute atomic E-state index is 12.3. The van der Waals surface area contributed by atoms with Crippen LogP contribution in [-0.2, 0) is 14.8 Å². The van der Waals surface area contributed by atoms with E-state index in [0.29, 0.717) is 12.3 Å². The van der Waals surface area contributed by atoms with Gasteiger partial charge in [-0.05, 0) is 13.8 Å². The second kappa shape index (κ2) is 5.30. The lowest BCUT2D eigenvalue weighted by Gasteiger charge is -2.22. The average Bonchev–Trinajstić information content (AvgIpc) is 2.57. The zero-order valence-corrected chi connectivity index (χ0v) is 11.9. The average molecular weight is 279 g/mol. The third kappa shape index (κ3) is 2.95. The van der Waals surface area contributed by atoms with E-state index in [1.807, 2.05) is 0 Å². The molecule has 1 heterocycles. The SMILES string of the molecule is COCC(C)N(C)S(=O)(=O)c1sc(N)nc1C. The van der Waals surface area contributed by atoms with Gasteiger partial charge in [0.05, 0.1) is 12.3 Å². The van der Waals surface area contributed by atoms with Crippen LogP contribution in [0.5, 0.6) is 0 Å². The number of hydrogen-bond acceptors (Lipinski definition) is 6. The van der Waals surface area contributed by atoms with Crippen molar-refractivity contribution in [2.24, 2.45) is 0 Å². The molecule has 0 aromatic carbocycles. The summed E-state index contributed by atoms with van der Waals surface area (Å²) in [4.78, 5) is 3.92. The fraction of sp³-hybridized carbons (Fsp3) is 0.667. The molecule has 0 aliphatic carbocycles. The van der Waals surface area contributed by atoms with Crippen molar-refractivity contribution in [1.82, 2.24) is 9.29 Å². The molecule has 0 aliphatic heterocycles. The van der Waals surface area contributed by atoms with Gasteiger partial charge in [0, 0.05) is 20.2 Å². The van der Waals surface area contributed by atoms with Crippen molar-refractivity contribution >= 4 is 26.5 Å². The third-order valence-electron chi connectivity index (χ3n) is 2.41. The summed E-state index contributed by atoms with van der Waals surface area (Å²) in [5, 5.41) is 0.258. The Balaban J connectivity index is 3.07. The Labute approximate surface area is 105 Å². The van der Waals surface area contributed by atoms with Gasteiger partial charge in [-0.25, -0.2) is 13.4 Å². The molecule has 1 aromatic heterocycles. The molecule has 0 fully saturated rings. The van der Waals surface area contributed by atoms with Gasteiger partial charge >= 0.3 is 0 Å². The van der Waals surface area contributed by atoms with Crippen molar-refractivity contribution < 1.29 is 13.2 Å². The molecule has 0 aliphatic rings. The minimum atomic E-state index is -3.54. The normalized spacial score (nSPS) is 14.2. The first-order chi connectivity index (χ1) is 7.80. The fourth-order valence-electron chi connectivity index (χ4n) is 1.36. The summed E-state index contributed by atoms with van der Waals surface area (Å²) in [6, 6.07) is -0.243. The number of nitrogens with zero attached hydrogens (tertiary/aromatic N) is 2. The van der Waals surface area contributed by atoms with Gasteiger partial charge in [0.25, 0.3) is 10.0 Å². The topological polar surface area (TPSA) is 85.5 Å². The number of aromatic nitrogens is 1. The molecule has 98 valence electrons. The van der Waals surface area contributed by atoms with Crippen molar-refractivity contribution in [3.05, 3.63) is 5.69 Å². The van der Waals surface area contributed by atoms with Crippen molar-refractivity contribution in [3.63, 3.8) is 0 Å². The highest BCUT2D eigenvalue weighted by Crippen LogP contribution is 2.28. The summed E-state index contributed by atoms with van der Waals surface area (Å²) in [5.74, 6) is 0. The molecule has 0 spiro atoms. The Morgan fingerprint density at radius 3 is 2.59 bits per heavy atom. The fourth-order valence-corrected chi connectivity index (χ4v) is 4.17. The van der Waals surface area contributed by atoms with Gasteiger partial charge < -0.3 is 10.5 Å². The minimum Gasteiger partial charge on any atom is -0.383 e. The molecule has 2 N–H and O–H groups in total. The van der Waals surface area contributed by atoms with Crippen LogP contribution in [0.1, 0.15) is 12.6 Å². The summed E-state index contributed by atoms with van der Waals surface area (Å²) >= 11 is 0.981. The van der Waals surface area contributed by atoms with Gasteiger partial charge in [-0.15, -0.1) is 0 Å². The van der Waals surface area contributed by atoms with E-state index in [0.717, 1.165) is 11.3 Å². The molecule has 1 rings (SSSR count). The number of anilines is 1. The largest absolute Gasteiger partial charge is 0.383 e. The molecule has 0 amide bonds. The van der Waals surface area contributed by atoms with E-state index >= 15 is 0 Å². The van der Waals surface area contributed by atoms with Crippen molar-refractivity contribution in [3.8, 4) is 0 Å². The Morgan fingerprint density at radius 1 is 1.59 bits per heavy atom. The predicted molar refractivity (Wildman–Crippen MR) is 67.6 cm³/mol. The van der Waals surface area contributed by atoms with Crippen LogP contribution in [0.4, 0.5) is 5.13 Å². The van der Waals surface area contributed by atoms with Crippen LogP contribution in [0, 0.1) is 6.92 Å². The van der Waals surface area contributed by atoms with Crippen LogP contribution in [-0.4, -0.2) is 44.5 Å². The molecule has 6 nitrogen and oxygen atoms in total. The van der Waals surface area contributed by atoms with Gasteiger partial charge in [-0.3, -0.25) is 0 Å². The number of nitrogens with two attached hydrogens (primary N) is 1. The van der Waals surface area contributed by atoms with Gasteiger partial charge in [0.2, 0.25) is 0 Å². The van der Waals surface area contributed by atoms with Crippen LogP contribution in [0.15, 0.2) is 4.21 Å². The number of hydrogen-bond donors (Lipinski definition) is 1. The molecule has 0 saturated carbocycles. The van der Waals surface area contributed by atoms with Gasteiger partial charge in [0.15, 0.2) is 9.34 Å². The molecular weight excluding hydrogens is 262 g/mol. The van der Waals surface area contributed by atoms with Crippen LogP contribution in [0.2, 0.25) is 0 Å². The predicted octanol–water partition coefficient (Wildman–Crippen LogP) is 0.689. The lowest BCUT2D eigenvalue weighted by atomic mass is 10.4. The standard InChI is InChI=1S/C9H17N3O3S2/c1-6(5-15-4)12(3)17(13,14)8-7(2)11-9(10)16-8/h6H,5H2,1-4H3,(H2,10,11). The number of sulfonamides is 1. The highest BCUT2D eigenvalue weighted by molar-refractivity contribution is 7.91. The highest BCUT2D eigenvalue weighted by atomic mass is 32.2. The van der Waals surface area contributed by atoms with Crippen molar-refractivity contribution in [2.45, 2.75) is 24.1 Å². The van der Waals surface area contributed by atoms with Crippen LogP contribution in [0.3, 0.4) is 0 Å². The van der Waals surface area contributed by atoms with Gasteiger partial charge in [-0.2, -0.15) is 4.31 Å².